The summed E-state index contributed by atoms with van der Waals surface area (Å²) in [6.45, 7) is 3.88. The van der Waals surface area contributed by atoms with E-state index in [4.69, 9.17) is 0 Å². The molecule has 0 amide bonds. The summed E-state index contributed by atoms with van der Waals surface area (Å²) in [5.41, 5.74) is 1.37. The van der Waals surface area contributed by atoms with Crippen LogP contribution in [0.4, 0.5) is 11.8 Å². The average Bonchev–Trinajstić information content (AvgIpc) is 3.44. The van der Waals surface area contributed by atoms with Gasteiger partial charge in [-0.2, -0.15) is 0 Å². The highest BCUT2D eigenvalue weighted by Gasteiger charge is 2.23. The third kappa shape index (κ3) is 4.82. The summed E-state index contributed by atoms with van der Waals surface area (Å²) in [7, 11) is 0. The second kappa shape index (κ2) is 7.64. The first-order valence-corrected chi connectivity index (χ1v) is 9.27. The number of pyridine rings is 1. The third-order valence-corrected chi connectivity index (χ3v) is 4.62. The standard InChI is InChI=1S/C17H23N5S/c1-12(8-20-17-21-10-15(23-2)11-22-17)7-18-16-6-5-14(9-19-16)13-3-4-13/h5-6,9-13H,3-4,7-8H2,1-2H3,(H,18,19)(H,20,21,22)/t12-/m1/s1. The van der Waals surface area contributed by atoms with Crippen molar-refractivity contribution in [1.82, 2.24) is 15.0 Å². The van der Waals surface area contributed by atoms with Crippen LogP contribution in [-0.2, 0) is 0 Å². The number of rotatable bonds is 8. The van der Waals surface area contributed by atoms with Gasteiger partial charge >= 0.3 is 0 Å². The molecule has 2 aromatic rings. The lowest BCUT2D eigenvalue weighted by molar-refractivity contribution is 0.644. The topological polar surface area (TPSA) is 62.7 Å². The first kappa shape index (κ1) is 16.1. The maximum absolute atomic E-state index is 4.49. The molecule has 2 heterocycles. The number of nitrogens with zero attached hydrogens (tertiary/aromatic N) is 3. The van der Waals surface area contributed by atoms with Crippen molar-refractivity contribution in [3.05, 3.63) is 36.3 Å². The molecule has 1 aliphatic rings. The molecule has 0 aromatic carbocycles. The summed E-state index contributed by atoms with van der Waals surface area (Å²) < 4.78 is 0. The Balaban J connectivity index is 1.40. The van der Waals surface area contributed by atoms with E-state index in [-0.39, 0.29) is 0 Å². The lowest BCUT2D eigenvalue weighted by Crippen LogP contribution is -2.20. The van der Waals surface area contributed by atoms with E-state index in [1.165, 1.54) is 18.4 Å². The van der Waals surface area contributed by atoms with Crippen molar-refractivity contribution < 1.29 is 0 Å². The number of hydrogen-bond donors (Lipinski definition) is 2. The highest BCUT2D eigenvalue weighted by molar-refractivity contribution is 7.98. The molecule has 122 valence electrons. The minimum atomic E-state index is 0.448. The predicted octanol–water partition coefficient (Wildman–Crippen LogP) is 3.63. The SMILES string of the molecule is CSc1cnc(NC[C@H](C)CNc2ccc(C3CC3)cn2)nc1. The minimum absolute atomic E-state index is 0.448. The van der Waals surface area contributed by atoms with Crippen molar-refractivity contribution in [2.45, 2.75) is 30.6 Å². The summed E-state index contributed by atoms with van der Waals surface area (Å²) >= 11 is 1.64. The molecule has 1 aliphatic carbocycles. The molecule has 2 N–H and O–H groups in total. The quantitative estimate of drug-likeness (QED) is 0.721. The molecule has 1 fully saturated rings. The maximum Gasteiger partial charge on any atom is 0.222 e. The zero-order chi connectivity index (χ0) is 16.1. The van der Waals surface area contributed by atoms with Crippen LogP contribution in [0.3, 0.4) is 0 Å². The fourth-order valence-electron chi connectivity index (χ4n) is 2.30. The largest absolute Gasteiger partial charge is 0.370 e. The Hall–Kier alpha value is -1.82. The van der Waals surface area contributed by atoms with E-state index >= 15 is 0 Å². The minimum Gasteiger partial charge on any atom is -0.370 e. The van der Waals surface area contributed by atoms with Gasteiger partial charge in [-0.15, -0.1) is 11.8 Å². The second-order valence-corrected chi connectivity index (χ2v) is 6.94. The lowest BCUT2D eigenvalue weighted by Gasteiger charge is -2.14. The van der Waals surface area contributed by atoms with Crippen molar-refractivity contribution in [2.75, 3.05) is 30.0 Å². The molecule has 0 saturated heterocycles. The van der Waals surface area contributed by atoms with Crippen molar-refractivity contribution in [3.63, 3.8) is 0 Å². The molecule has 1 atom stereocenters. The van der Waals surface area contributed by atoms with E-state index in [0.717, 1.165) is 29.7 Å². The van der Waals surface area contributed by atoms with Crippen molar-refractivity contribution in [2.24, 2.45) is 5.92 Å². The molecule has 0 spiro atoms. The van der Waals surface area contributed by atoms with E-state index in [1.54, 1.807) is 11.8 Å². The van der Waals surface area contributed by atoms with E-state index in [9.17, 15) is 0 Å². The van der Waals surface area contributed by atoms with Crippen LogP contribution in [0.25, 0.3) is 0 Å². The van der Waals surface area contributed by atoms with Gasteiger partial charge in [-0.1, -0.05) is 13.0 Å². The predicted molar refractivity (Wildman–Crippen MR) is 96.2 cm³/mol. The first-order valence-electron chi connectivity index (χ1n) is 8.04. The first-order chi connectivity index (χ1) is 11.2. The Bertz CT molecular complexity index is 610. The van der Waals surface area contributed by atoms with Gasteiger partial charge in [0.25, 0.3) is 0 Å². The number of anilines is 2. The van der Waals surface area contributed by atoms with Crippen LogP contribution in [0.15, 0.2) is 35.6 Å². The molecule has 0 radical (unpaired) electrons. The third-order valence-electron chi connectivity index (χ3n) is 3.94. The van der Waals surface area contributed by atoms with Gasteiger partial charge in [0.2, 0.25) is 5.95 Å². The van der Waals surface area contributed by atoms with Gasteiger partial charge in [-0.25, -0.2) is 15.0 Å². The summed E-state index contributed by atoms with van der Waals surface area (Å²) in [5, 5.41) is 6.66. The molecule has 23 heavy (non-hydrogen) atoms. The Labute approximate surface area is 141 Å². The van der Waals surface area contributed by atoms with Crippen molar-refractivity contribution in [3.8, 4) is 0 Å². The Morgan fingerprint density at radius 1 is 1.09 bits per heavy atom. The van der Waals surface area contributed by atoms with Crippen LogP contribution in [0, 0.1) is 5.92 Å². The van der Waals surface area contributed by atoms with Crippen molar-refractivity contribution >= 4 is 23.5 Å². The average molecular weight is 329 g/mol. The lowest BCUT2D eigenvalue weighted by atomic mass is 10.1. The van der Waals surface area contributed by atoms with Crippen LogP contribution in [0.1, 0.15) is 31.2 Å². The molecule has 2 aromatic heterocycles. The second-order valence-electron chi connectivity index (χ2n) is 6.06. The molecule has 3 rings (SSSR count). The van der Waals surface area contributed by atoms with E-state index in [0.29, 0.717) is 11.9 Å². The maximum atomic E-state index is 4.49. The monoisotopic (exact) mass is 329 g/mol. The molecule has 6 heteroatoms. The molecular formula is C17H23N5S. The molecule has 1 saturated carbocycles. The fraction of sp³-hybridized carbons (Fsp3) is 0.471. The van der Waals surface area contributed by atoms with Gasteiger partial charge in [0.15, 0.2) is 0 Å². The van der Waals surface area contributed by atoms with Crippen LogP contribution in [0.5, 0.6) is 0 Å². The summed E-state index contributed by atoms with van der Waals surface area (Å²) in [6.07, 6.45) is 10.3. The van der Waals surface area contributed by atoms with Crippen LogP contribution in [0.2, 0.25) is 0 Å². The summed E-state index contributed by atoms with van der Waals surface area (Å²) in [4.78, 5) is 14.2. The molecule has 0 aliphatic heterocycles. The van der Waals surface area contributed by atoms with Gasteiger partial charge in [0.05, 0.1) is 0 Å². The van der Waals surface area contributed by atoms with E-state index in [1.807, 2.05) is 24.8 Å². The zero-order valence-electron chi connectivity index (χ0n) is 13.6. The highest BCUT2D eigenvalue weighted by Crippen LogP contribution is 2.39. The van der Waals surface area contributed by atoms with Crippen LogP contribution >= 0.6 is 11.8 Å². The highest BCUT2D eigenvalue weighted by atomic mass is 32.2. The fourth-order valence-corrected chi connectivity index (χ4v) is 2.61. The Morgan fingerprint density at radius 3 is 2.43 bits per heavy atom. The van der Waals surface area contributed by atoms with Gasteiger partial charge in [-0.05, 0) is 42.6 Å². The number of hydrogen-bond acceptors (Lipinski definition) is 6. The van der Waals surface area contributed by atoms with Crippen LogP contribution in [-0.4, -0.2) is 34.3 Å². The normalized spacial score (nSPS) is 15.2. The summed E-state index contributed by atoms with van der Waals surface area (Å²) in [6, 6.07) is 4.27. The smallest absolute Gasteiger partial charge is 0.222 e. The molecule has 0 unspecified atom stereocenters. The van der Waals surface area contributed by atoms with E-state index < -0.39 is 0 Å². The summed E-state index contributed by atoms with van der Waals surface area (Å²) in [5.74, 6) is 2.84. The zero-order valence-corrected chi connectivity index (χ0v) is 14.4. The van der Waals surface area contributed by atoms with Gasteiger partial charge in [0, 0.05) is 36.6 Å². The Kier molecular flexibility index (Phi) is 5.33. The van der Waals surface area contributed by atoms with E-state index in [2.05, 4.69) is 44.6 Å². The number of nitrogens with one attached hydrogen (secondary N) is 2. The van der Waals surface area contributed by atoms with Gasteiger partial charge in [-0.3, -0.25) is 0 Å². The molecule has 0 bridgehead atoms. The molecule has 5 nitrogen and oxygen atoms in total. The van der Waals surface area contributed by atoms with Crippen LogP contribution < -0.4 is 10.6 Å². The molecular weight excluding hydrogens is 306 g/mol. The number of aromatic nitrogens is 3. The van der Waals surface area contributed by atoms with Gasteiger partial charge < -0.3 is 10.6 Å². The van der Waals surface area contributed by atoms with Crippen molar-refractivity contribution in [1.29, 1.82) is 0 Å². The van der Waals surface area contributed by atoms with Gasteiger partial charge in [0.1, 0.15) is 5.82 Å². The number of thioether (sulfide) groups is 1. The Morgan fingerprint density at radius 2 is 1.83 bits per heavy atom.